The van der Waals surface area contributed by atoms with Crippen LogP contribution in [0.3, 0.4) is 0 Å². The van der Waals surface area contributed by atoms with Crippen LogP contribution in [-0.2, 0) is 11.3 Å². The maximum atomic E-state index is 12.1. The lowest BCUT2D eigenvalue weighted by atomic mass is 9.90. The normalized spacial score (nSPS) is 12.2. The monoisotopic (exact) mass is 342 g/mol. The topological polar surface area (TPSA) is 36.7 Å². The zero-order valence-electron chi connectivity index (χ0n) is 16.0. The molecule has 0 N–H and O–H groups in total. The van der Waals surface area contributed by atoms with E-state index in [1.54, 1.807) is 13.2 Å². The molecule has 1 aromatic carbocycles. The van der Waals surface area contributed by atoms with E-state index in [2.05, 4.69) is 43.0 Å². The summed E-state index contributed by atoms with van der Waals surface area (Å²) in [5.74, 6) is 1.92. The van der Waals surface area contributed by atoms with Crippen molar-refractivity contribution in [2.24, 2.45) is 5.92 Å². The van der Waals surface area contributed by atoms with Gasteiger partial charge in [0.2, 0.25) is 5.91 Å². The molecule has 0 fully saturated rings. The average Bonchev–Trinajstić information content (AvgIpc) is 3.08. The standard InChI is InChI=1S/C21H30N2O2/c1-16(2)20(21-7-6-14-25-21)12-13-23(17(3)24)15-18-8-10-19(11-9-18)22(4)5/h6-11,14,16,20H,12-13,15H2,1-5H3/t20-/m1/s1. The van der Waals surface area contributed by atoms with E-state index >= 15 is 0 Å². The van der Waals surface area contributed by atoms with Gasteiger partial charge in [0.1, 0.15) is 5.76 Å². The molecule has 1 aromatic heterocycles. The predicted molar refractivity (Wildman–Crippen MR) is 103 cm³/mol. The van der Waals surface area contributed by atoms with Gasteiger partial charge in [-0.2, -0.15) is 0 Å². The van der Waals surface area contributed by atoms with Crippen molar-refractivity contribution in [2.75, 3.05) is 25.5 Å². The first kappa shape index (κ1) is 19.1. The summed E-state index contributed by atoms with van der Waals surface area (Å²) in [5, 5.41) is 0. The van der Waals surface area contributed by atoms with Gasteiger partial charge in [0, 0.05) is 45.7 Å². The number of benzene rings is 1. The van der Waals surface area contributed by atoms with E-state index in [0.717, 1.165) is 30.0 Å². The summed E-state index contributed by atoms with van der Waals surface area (Å²) < 4.78 is 5.60. The Morgan fingerprint density at radius 3 is 2.28 bits per heavy atom. The number of hydrogen-bond acceptors (Lipinski definition) is 3. The van der Waals surface area contributed by atoms with E-state index in [1.807, 2.05) is 31.1 Å². The molecule has 1 amide bonds. The Balaban J connectivity index is 2.01. The van der Waals surface area contributed by atoms with Gasteiger partial charge in [-0.05, 0) is 42.2 Å². The molecule has 0 radical (unpaired) electrons. The van der Waals surface area contributed by atoms with Crippen LogP contribution < -0.4 is 4.90 Å². The van der Waals surface area contributed by atoms with Crippen molar-refractivity contribution in [1.29, 1.82) is 0 Å². The molecular formula is C21H30N2O2. The van der Waals surface area contributed by atoms with Gasteiger partial charge in [0.15, 0.2) is 0 Å². The Morgan fingerprint density at radius 2 is 1.80 bits per heavy atom. The summed E-state index contributed by atoms with van der Waals surface area (Å²) >= 11 is 0. The van der Waals surface area contributed by atoms with E-state index < -0.39 is 0 Å². The van der Waals surface area contributed by atoms with Gasteiger partial charge in [-0.3, -0.25) is 4.79 Å². The molecule has 1 atom stereocenters. The molecule has 0 aliphatic heterocycles. The maximum absolute atomic E-state index is 12.1. The van der Waals surface area contributed by atoms with Crippen LogP contribution in [0.5, 0.6) is 0 Å². The fraction of sp³-hybridized carbons (Fsp3) is 0.476. The Labute approximate surface area is 151 Å². The van der Waals surface area contributed by atoms with E-state index in [4.69, 9.17) is 4.42 Å². The first-order valence-corrected chi connectivity index (χ1v) is 8.93. The second-order valence-corrected chi connectivity index (χ2v) is 7.16. The van der Waals surface area contributed by atoms with Crippen LogP contribution in [0.4, 0.5) is 5.69 Å². The molecule has 25 heavy (non-hydrogen) atoms. The predicted octanol–water partition coefficient (Wildman–Crippen LogP) is 4.52. The highest BCUT2D eigenvalue weighted by molar-refractivity contribution is 5.73. The summed E-state index contributed by atoms with van der Waals surface area (Å²) in [5.41, 5.74) is 2.32. The molecule has 0 bridgehead atoms. The third-order valence-electron chi connectivity index (χ3n) is 4.69. The first-order chi connectivity index (χ1) is 11.9. The van der Waals surface area contributed by atoms with Gasteiger partial charge in [-0.15, -0.1) is 0 Å². The number of rotatable bonds is 8. The Bertz CT molecular complexity index is 645. The molecule has 1 heterocycles. The quantitative estimate of drug-likeness (QED) is 0.707. The van der Waals surface area contributed by atoms with Crippen molar-refractivity contribution in [3.8, 4) is 0 Å². The number of amides is 1. The van der Waals surface area contributed by atoms with Gasteiger partial charge in [0.25, 0.3) is 0 Å². The lowest BCUT2D eigenvalue weighted by Gasteiger charge is -2.25. The van der Waals surface area contributed by atoms with Crippen molar-refractivity contribution in [3.05, 3.63) is 54.0 Å². The second-order valence-electron chi connectivity index (χ2n) is 7.16. The number of anilines is 1. The van der Waals surface area contributed by atoms with E-state index in [9.17, 15) is 4.79 Å². The van der Waals surface area contributed by atoms with Crippen LogP contribution in [0.1, 0.15) is 44.4 Å². The number of nitrogens with zero attached hydrogens (tertiary/aromatic N) is 2. The average molecular weight is 342 g/mol. The largest absolute Gasteiger partial charge is 0.469 e. The van der Waals surface area contributed by atoms with Gasteiger partial charge in [-0.1, -0.05) is 26.0 Å². The highest BCUT2D eigenvalue weighted by Gasteiger charge is 2.20. The van der Waals surface area contributed by atoms with E-state index in [1.165, 1.54) is 0 Å². The highest BCUT2D eigenvalue weighted by atomic mass is 16.3. The Morgan fingerprint density at radius 1 is 1.12 bits per heavy atom. The van der Waals surface area contributed by atoms with Crippen LogP contribution in [0, 0.1) is 5.92 Å². The first-order valence-electron chi connectivity index (χ1n) is 8.93. The highest BCUT2D eigenvalue weighted by Crippen LogP contribution is 2.28. The number of carbonyl (C=O) groups excluding carboxylic acids is 1. The Hall–Kier alpha value is -2.23. The minimum atomic E-state index is 0.110. The molecule has 136 valence electrons. The van der Waals surface area contributed by atoms with Crippen LogP contribution in [0.15, 0.2) is 47.1 Å². The van der Waals surface area contributed by atoms with Crippen molar-refractivity contribution in [1.82, 2.24) is 4.90 Å². The van der Waals surface area contributed by atoms with Gasteiger partial charge in [-0.25, -0.2) is 0 Å². The van der Waals surface area contributed by atoms with Gasteiger partial charge < -0.3 is 14.2 Å². The summed E-state index contributed by atoms with van der Waals surface area (Å²) in [7, 11) is 4.05. The zero-order chi connectivity index (χ0) is 18.4. The molecule has 4 nitrogen and oxygen atoms in total. The summed E-state index contributed by atoms with van der Waals surface area (Å²) in [4.78, 5) is 16.1. The zero-order valence-corrected chi connectivity index (χ0v) is 16.0. The number of hydrogen-bond donors (Lipinski definition) is 0. The van der Waals surface area contributed by atoms with Crippen molar-refractivity contribution >= 4 is 11.6 Å². The molecule has 0 saturated heterocycles. The molecule has 0 spiro atoms. The molecule has 0 aliphatic carbocycles. The van der Waals surface area contributed by atoms with Crippen molar-refractivity contribution in [3.63, 3.8) is 0 Å². The molecule has 0 aliphatic rings. The van der Waals surface area contributed by atoms with Crippen molar-refractivity contribution < 1.29 is 9.21 Å². The molecule has 2 aromatic rings. The number of furan rings is 1. The smallest absolute Gasteiger partial charge is 0.219 e. The molecule has 0 unspecified atom stereocenters. The molecular weight excluding hydrogens is 312 g/mol. The van der Waals surface area contributed by atoms with Gasteiger partial charge >= 0.3 is 0 Å². The third-order valence-corrected chi connectivity index (χ3v) is 4.69. The molecule has 0 saturated carbocycles. The molecule has 2 rings (SSSR count). The van der Waals surface area contributed by atoms with Crippen LogP contribution >= 0.6 is 0 Å². The second kappa shape index (κ2) is 8.75. The van der Waals surface area contributed by atoms with Crippen molar-refractivity contribution in [2.45, 2.75) is 39.7 Å². The molecule has 4 heteroatoms. The van der Waals surface area contributed by atoms with E-state index in [0.29, 0.717) is 18.4 Å². The Kier molecular flexibility index (Phi) is 6.68. The summed E-state index contributed by atoms with van der Waals surface area (Å²) in [6.07, 6.45) is 2.63. The minimum absolute atomic E-state index is 0.110. The fourth-order valence-electron chi connectivity index (χ4n) is 3.07. The van der Waals surface area contributed by atoms with Gasteiger partial charge in [0.05, 0.1) is 6.26 Å². The minimum Gasteiger partial charge on any atom is -0.469 e. The fourth-order valence-corrected chi connectivity index (χ4v) is 3.07. The maximum Gasteiger partial charge on any atom is 0.219 e. The van der Waals surface area contributed by atoms with E-state index in [-0.39, 0.29) is 5.91 Å². The SMILES string of the molecule is CC(=O)N(CC[C@@H](c1ccco1)C(C)C)Cc1ccc(N(C)C)cc1. The third kappa shape index (κ3) is 5.38. The number of carbonyl (C=O) groups is 1. The summed E-state index contributed by atoms with van der Waals surface area (Å²) in [6, 6.07) is 12.3. The van der Waals surface area contributed by atoms with Crippen LogP contribution in [0.2, 0.25) is 0 Å². The van der Waals surface area contributed by atoms with Crippen LogP contribution in [0.25, 0.3) is 0 Å². The summed E-state index contributed by atoms with van der Waals surface area (Å²) in [6.45, 7) is 7.42. The van der Waals surface area contributed by atoms with Crippen LogP contribution in [-0.4, -0.2) is 31.4 Å². The lowest BCUT2D eigenvalue weighted by Crippen LogP contribution is -2.30. The lowest BCUT2D eigenvalue weighted by molar-refractivity contribution is -0.129.